The Kier molecular flexibility index (Phi) is 3.99. The van der Waals surface area contributed by atoms with Crippen LogP contribution in [-0.4, -0.2) is 20.6 Å². The number of nitrogens with two attached hydrogens (primary N) is 1. The lowest BCUT2D eigenvalue weighted by molar-refractivity contribution is 0.102. The first kappa shape index (κ1) is 15.1. The van der Waals surface area contributed by atoms with Crippen molar-refractivity contribution in [3.8, 4) is 0 Å². The van der Waals surface area contributed by atoms with E-state index in [2.05, 4.69) is 5.32 Å². The number of hydrogen-bond acceptors (Lipinski definition) is 4. The molecule has 6 heteroatoms. The maximum atomic E-state index is 12.3. The van der Waals surface area contributed by atoms with Crippen LogP contribution in [0.3, 0.4) is 0 Å². The summed E-state index contributed by atoms with van der Waals surface area (Å²) in [6.45, 7) is 1.77. The van der Waals surface area contributed by atoms with Gasteiger partial charge in [-0.25, -0.2) is 8.42 Å². The molecule has 0 unspecified atom stereocenters. The van der Waals surface area contributed by atoms with E-state index in [1.165, 1.54) is 6.07 Å². The van der Waals surface area contributed by atoms with E-state index >= 15 is 0 Å². The number of carbonyl (C=O) groups excluding carboxylic acids is 1. The largest absolute Gasteiger partial charge is 0.398 e. The Labute approximate surface area is 123 Å². The fraction of sp³-hybridized carbons (Fsp3) is 0.133. The Hall–Kier alpha value is -2.34. The van der Waals surface area contributed by atoms with Gasteiger partial charge in [-0.3, -0.25) is 4.79 Å². The number of rotatable bonds is 3. The minimum absolute atomic E-state index is 0.0745. The van der Waals surface area contributed by atoms with E-state index in [0.29, 0.717) is 11.3 Å². The summed E-state index contributed by atoms with van der Waals surface area (Å²) in [5.74, 6) is -0.429. The van der Waals surface area contributed by atoms with Gasteiger partial charge < -0.3 is 11.1 Å². The molecule has 21 heavy (non-hydrogen) atoms. The molecule has 0 aromatic heterocycles. The second-order valence-electron chi connectivity index (χ2n) is 4.76. The molecule has 0 heterocycles. The van der Waals surface area contributed by atoms with Crippen LogP contribution in [0.1, 0.15) is 15.9 Å². The lowest BCUT2D eigenvalue weighted by atomic mass is 10.1. The van der Waals surface area contributed by atoms with E-state index in [9.17, 15) is 13.2 Å². The second kappa shape index (κ2) is 5.57. The van der Waals surface area contributed by atoms with E-state index in [1.54, 1.807) is 43.3 Å². The van der Waals surface area contributed by atoms with Gasteiger partial charge in [-0.15, -0.1) is 0 Å². The van der Waals surface area contributed by atoms with Crippen molar-refractivity contribution in [2.24, 2.45) is 0 Å². The molecule has 2 aromatic carbocycles. The Bertz CT molecular complexity index is 778. The number of aryl methyl sites for hydroxylation is 1. The van der Waals surface area contributed by atoms with Crippen molar-refractivity contribution < 1.29 is 13.2 Å². The third-order valence-corrected chi connectivity index (χ3v) is 4.22. The zero-order valence-electron chi connectivity index (χ0n) is 11.8. The topological polar surface area (TPSA) is 89.3 Å². The third-order valence-electron chi connectivity index (χ3n) is 3.07. The average molecular weight is 304 g/mol. The molecule has 0 spiro atoms. The number of anilines is 2. The molecule has 0 saturated heterocycles. The van der Waals surface area contributed by atoms with Crippen LogP contribution >= 0.6 is 0 Å². The van der Waals surface area contributed by atoms with Crippen molar-refractivity contribution in [3.05, 3.63) is 53.6 Å². The molecule has 5 nitrogen and oxygen atoms in total. The number of sulfone groups is 1. The summed E-state index contributed by atoms with van der Waals surface area (Å²) in [4.78, 5) is 12.4. The summed E-state index contributed by atoms with van der Waals surface area (Å²) in [7, 11) is -3.43. The minimum Gasteiger partial charge on any atom is -0.398 e. The average Bonchev–Trinajstić information content (AvgIpc) is 2.37. The van der Waals surface area contributed by atoms with Gasteiger partial charge in [-0.05, 0) is 30.7 Å². The van der Waals surface area contributed by atoms with Crippen LogP contribution in [0.4, 0.5) is 11.4 Å². The van der Waals surface area contributed by atoms with Crippen LogP contribution in [0.5, 0.6) is 0 Å². The zero-order chi connectivity index (χ0) is 15.6. The molecule has 0 atom stereocenters. The third kappa shape index (κ3) is 3.22. The molecule has 3 N–H and O–H groups in total. The van der Waals surface area contributed by atoms with Crippen LogP contribution < -0.4 is 11.1 Å². The Morgan fingerprint density at radius 3 is 2.38 bits per heavy atom. The highest BCUT2D eigenvalue weighted by molar-refractivity contribution is 7.90. The van der Waals surface area contributed by atoms with Crippen molar-refractivity contribution in [1.29, 1.82) is 0 Å². The standard InChI is InChI=1S/C15H16N2O3S/c1-10-6-5-7-11(16)14(10)15(18)17-12-8-3-4-9-13(12)21(2,19)20/h3-9H,16H2,1-2H3,(H,17,18). The molecule has 0 bridgehead atoms. The van der Waals surface area contributed by atoms with Crippen molar-refractivity contribution in [2.75, 3.05) is 17.3 Å². The number of nitrogen functional groups attached to an aromatic ring is 1. The highest BCUT2D eigenvalue weighted by Gasteiger charge is 2.17. The summed E-state index contributed by atoms with van der Waals surface area (Å²) in [5.41, 5.74) is 7.49. The monoisotopic (exact) mass is 304 g/mol. The molecule has 1 amide bonds. The van der Waals surface area contributed by atoms with Gasteiger partial charge in [0.25, 0.3) is 5.91 Å². The van der Waals surface area contributed by atoms with Gasteiger partial charge in [-0.2, -0.15) is 0 Å². The first-order chi connectivity index (χ1) is 9.80. The molecule has 2 rings (SSSR count). The first-order valence-corrected chi connectivity index (χ1v) is 8.15. The second-order valence-corrected chi connectivity index (χ2v) is 6.75. The Balaban J connectivity index is 2.42. The SMILES string of the molecule is Cc1cccc(N)c1C(=O)Nc1ccccc1S(C)(=O)=O. The van der Waals surface area contributed by atoms with Crippen LogP contribution in [0, 0.1) is 6.92 Å². The quantitative estimate of drug-likeness (QED) is 0.851. The predicted octanol–water partition coefficient (Wildman–Crippen LogP) is 2.23. The number of carbonyl (C=O) groups is 1. The predicted molar refractivity (Wildman–Crippen MR) is 83.1 cm³/mol. The summed E-state index contributed by atoms with van der Waals surface area (Å²) >= 11 is 0. The summed E-state index contributed by atoms with van der Waals surface area (Å²) < 4.78 is 23.5. The van der Waals surface area contributed by atoms with Crippen LogP contribution in [-0.2, 0) is 9.84 Å². The number of hydrogen-bond donors (Lipinski definition) is 2. The van der Waals surface area contributed by atoms with E-state index < -0.39 is 15.7 Å². The van der Waals surface area contributed by atoms with Gasteiger partial charge in [0.2, 0.25) is 0 Å². The molecular weight excluding hydrogens is 288 g/mol. The molecule has 0 aliphatic rings. The molecule has 110 valence electrons. The number of amides is 1. The fourth-order valence-electron chi connectivity index (χ4n) is 2.08. The summed E-state index contributed by atoms with van der Waals surface area (Å²) in [5, 5.41) is 2.62. The van der Waals surface area contributed by atoms with Gasteiger partial charge in [0, 0.05) is 11.9 Å². The van der Waals surface area contributed by atoms with E-state index in [0.717, 1.165) is 11.8 Å². The van der Waals surface area contributed by atoms with Crippen LogP contribution in [0.25, 0.3) is 0 Å². The highest BCUT2D eigenvalue weighted by atomic mass is 32.2. The molecular formula is C15H16N2O3S. The van der Waals surface area contributed by atoms with Gasteiger partial charge in [-0.1, -0.05) is 24.3 Å². The molecule has 0 aliphatic carbocycles. The van der Waals surface area contributed by atoms with Crippen molar-refractivity contribution in [1.82, 2.24) is 0 Å². The van der Waals surface area contributed by atoms with E-state index in [4.69, 9.17) is 5.73 Å². The van der Waals surface area contributed by atoms with Crippen molar-refractivity contribution in [2.45, 2.75) is 11.8 Å². The van der Waals surface area contributed by atoms with E-state index in [1.807, 2.05) is 0 Å². The number of benzene rings is 2. The number of nitrogens with one attached hydrogen (secondary N) is 1. The fourth-order valence-corrected chi connectivity index (χ4v) is 2.92. The lowest BCUT2D eigenvalue weighted by Gasteiger charge is -2.12. The molecule has 0 fully saturated rings. The molecule has 0 aliphatic heterocycles. The molecule has 2 aromatic rings. The first-order valence-electron chi connectivity index (χ1n) is 6.26. The maximum Gasteiger partial charge on any atom is 0.258 e. The Morgan fingerprint density at radius 1 is 1.10 bits per heavy atom. The van der Waals surface area contributed by atoms with Gasteiger partial charge in [0.15, 0.2) is 9.84 Å². The number of para-hydroxylation sites is 1. The molecule has 0 saturated carbocycles. The smallest absolute Gasteiger partial charge is 0.258 e. The van der Waals surface area contributed by atoms with Crippen molar-refractivity contribution >= 4 is 27.1 Å². The zero-order valence-corrected chi connectivity index (χ0v) is 12.6. The van der Waals surface area contributed by atoms with Gasteiger partial charge >= 0.3 is 0 Å². The molecule has 0 radical (unpaired) electrons. The summed E-state index contributed by atoms with van der Waals surface area (Å²) in [6, 6.07) is 11.4. The lowest BCUT2D eigenvalue weighted by Crippen LogP contribution is -2.17. The normalized spacial score (nSPS) is 11.1. The minimum atomic E-state index is -3.43. The Morgan fingerprint density at radius 2 is 1.76 bits per heavy atom. The van der Waals surface area contributed by atoms with Crippen LogP contribution in [0.15, 0.2) is 47.4 Å². The maximum absolute atomic E-state index is 12.3. The van der Waals surface area contributed by atoms with Crippen molar-refractivity contribution in [3.63, 3.8) is 0 Å². The van der Waals surface area contributed by atoms with Gasteiger partial charge in [0.05, 0.1) is 16.1 Å². The van der Waals surface area contributed by atoms with Crippen LogP contribution in [0.2, 0.25) is 0 Å². The highest BCUT2D eigenvalue weighted by Crippen LogP contribution is 2.23. The van der Waals surface area contributed by atoms with E-state index in [-0.39, 0.29) is 10.6 Å². The summed E-state index contributed by atoms with van der Waals surface area (Å²) in [6.07, 6.45) is 1.10. The van der Waals surface area contributed by atoms with Gasteiger partial charge in [0.1, 0.15) is 0 Å².